The fourth-order valence-corrected chi connectivity index (χ4v) is 4.05. The lowest BCUT2D eigenvalue weighted by Crippen LogP contribution is -2.09. The maximum atomic E-state index is 13.0. The highest BCUT2D eigenvalue weighted by molar-refractivity contribution is 6.06. The molecule has 164 valence electrons. The Hall–Kier alpha value is -4.00. The maximum absolute atomic E-state index is 13.0. The molecule has 2 heterocycles. The number of hydrogen-bond donors (Lipinski definition) is 1. The second-order valence-corrected chi connectivity index (χ2v) is 8.00. The van der Waals surface area contributed by atoms with E-state index in [9.17, 15) is 18.0 Å². The molecule has 5 aromatic rings. The Labute approximate surface area is 187 Å². The molecular weight excluding hydrogens is 427 g/mol. The van der Waals surface area contributed by atoms with E-state index in [1.54, 1.807) is 6.20 Å². The zero-order chi connectivity index (χ0) is 23.2. The number of fused-ring (bicyclic) bond motifs is 3. The maximum Gasteiger partial charge on any atom is 0.416 e. The van der Waals surface area contributed by atoms with Gasteiger partial charge in [-0.25, -0.2) is 9.97 Å². The lowest BCUT2D eigenvalue weighted by Gasteiger charge is -2.11. The summed E-state index contributed by atoms with van der Waals surface area (Å²) in [6, 6.07) is 16.3. The number of carbonyl (C=O) groups is 1. The van der Waals surface area contributed by atoms with E-state index in [4.69, 9.17) is 0 Å². The number of alkyl halides is 3. The van der Waals surface area contributed by atoms with E-state index in [2.05, 4.69) is 15.0 Å². The van der Waals surface area contributed by atoms with Crippen LogP contribution in [0.15, 0.2) is 73.2 Å². The van der Waals surface area contributed by atoms with Crippen molar-refractivity contribution in [2.45, 2.75) is 19.5 Å². The van der Waals surface area contributed by atoms with Gasteiger partial charge in [0, 0.05) is 34.5 Å². The fourth-order valence-electron chi connectivity index (χ4n) is 4.05. The molecule has 0 unspecified atom stereocenters. The molecule has 7 heteroatoms. The van der Waals surface area contributed by atoms with Crippen molar-refractivity contribution in [1.82, 2.24) is 15.0 Å². The summed E-state index contributed by atoms with van der Waals surface area (Å²) < 4.78 is 39.0. The van der Waals surface area contributed by atoms with Crippen LogP contribution in [0.5, 0.6) is 0 Å². The first-order valence-corrected chi connectivity index (χ1v) is 10.3. The topological polar surface area (TPSA) is 58.6 Å². The second kappa shape index (κ2) is 7.85. The predicted molar refractivity (Wildman–Crippen MR) is 121 cm³/mol. The van der Waals surface area contributed by atoms with Gasteiger partial charge in [-0.3, -0.25) is 4.79 Å². The predicted octanol–water partition coefficient (Wildman–Crippen LogP) is 6.53. The van der Waals surface area contributed by atoms with Crippen LogP contribution in [-0.4, -0.2) is 20.7 Å². The minimum absolute atomic E-state index is 0.0127. The molecule has 0 saturated heterocycles. The third-order valence-electron chi connectivity index (χ3n) is 5.76. The van der Waals surface area contributed by atoms with E-state index in [1.165, 1.54) is 18.5 Å². The molecule has 33 heavy (non-hydrogen) atoms. The summed E-state index contributed by atoms with van der Waals surface area (Å²) in [5.41, 5.74) is 4.59. The molecule has 0 atom stereocenters. The Morgan fingerprint density at radius 3 is 2.67 bits per heavy atom. The van der Waals surface area contributed by atoms with Gasteiger partial charge in [-0.2, -0.15) is 13.2 Å². The first kappa shape index (κ1) is 20.9. The number of H-pyrrole nitrogens is 1. The largest absolute Gasteiger partial charge is 0.416 e. The molecule has 3 aromatic carbocycles. The van der Waals surface area contributed by atoms with Crippen molar-refractivity contribution in [1.29, 1.82) is 0 Å². The molecule has 4 nitrogen and oxygen atoms in total. The van der Waals surface area contributed by atoms with Gasteiger partial charge < -0.3 is 4.98 Å². The number of aromatic amines is 1. The van der Waals surface area contributed by atoms with E-state index in [-0.39, 0.29) is 17.8 Å². The minimum atomic E-state index is -4.49. The zero-order valence-corrected chi connectivity index (χ0v) is 17.6. The number of halogens is 3. The van der Waals surface area contributed by atoms with Crippen LogP contribution in [0, 0.1) is 6.92 Å². The summed E-state index contributed by atoms with van der Waals surface area (Å²) in [5, 5.41) is 1.96. The van der Waals surface area contributed by atoms with Gasteiger partial charge in [0.25, 0.3) is 0 Å². The molecule has 0 saturated carbocycles. The van der Waals surface area contributed by atoms with Crippen LogP contribution in [0.3, 0.4) is 0 Å². The molecule has 0 fully saturated rings. The Morgan fingerprint density at radius 1 is 1.00 bits per heavy atom. The van der Waals surface area contributed by atoms with E-state index < -0.39 is 11.7 Å². The highest BCUT2D eigenvalue weighted by Crippen LogP contribution is 2.32. The average Bonchev–Trinajstić information content (AvgIpc) is 3.17. The molecule has 0 spiro atoms. The molecule has 2 aromatic heterocycles. The number of ketones is 1. The Morgan fingerprint density at radius 2 is 1.85 bits per heavy atom. The molecule has 5 rings (SSSR count). The summed E-state index contributed by atoms with van der Waals surface area (Å²) in [6.45, 7) is 1.98. The van der Waals surface area contributed by atoms with Crippen molar-refractivity contribution in [3.05, 3.63) is 95.4 Å². The van der Waals surface area contributed by atoms with Crippen molar-refractivity contribution in [2.24, 2.45) is 0 Å². The van der Waals surface area contributed by atoms with Crippen LogP contribution in [0.2, 0.25) is 0 Å². The fraction of sp³-hybridized carbons (Fsp3) is 0.115. The van der Waals surface area contributed by atoms with Crippen molar-refractivity contribution in [3.8, 4) is 11.1 Å². The normalized spacial score (nSPS) is 11.9. The molecule has 0 aliphatic heterocycles. The molecule has 0 bridgehead atoms. The van der Waals surface area contributed by atoms with Gasteiger partial charge >= 0.3 is 6.18 Å². The highest BCUT2D eigenvalue weighted by Gasteiger charge is 2.30. The van der Waals surface area contributed by atoms with Gasteiger partial charge in [-0.1, -0.05) is 42.5 Å². The standard InChI is InChI=1S/C26H18F3N3O/c1-15-5-6-16(10-24(33)18-3-2-4-19(11-18)26(27,28)29)9-21(15)17-7-8-20-22-13-30-14-31-25(22)32-23(20)12-17/h2-9,11-14H,10H2,1H3,(H,30,31,32). The number of aryl methyl sites for hydroxylation is 1. The SMILES string of the molecule is Cc1ccc(CC(=O)c2cccc(C(F)(F)F)c2)cc1-c1ccc2c(c1)[nH]c1ncncc12. The lowest BCUT2D eigenvalue weighted by atomic mass is 9.94. The van der Waals surface area contributed by atoms with Crippen LogP contribution >= 0.6 is 0 Å². The molecule has 0 aliphatic rings. The van der Waals surface area contributed by atoms with Crippen molar-refractivity contribution in [2.75, 3.05) is 0 Å². The molecule has 0 amide bonds. The number of nitrogens with one attached hydrogen (secondary N) is 1. The molecule has 0 radical (unpaired) electrons. The van der Waals surface area contributed by atoms with Crippen molar-refractivity contribution >= 4 is 27.7 Å². The first-order valence-electron chi connectivity index (χ1n) is 10.3. The molecule has 0 aliphatic carbocycles. The summed E-state index contributed by atoms with van der Waals surface area (Å²) in [6.07, 6.45) is -1.21. The van der Waals surface area contributed by atoms with Crippen molar-refractivity contribution < 1.29 is 18.0 Å². The van der Waals surface area contributed by atoms with E-state index >= 15 is 0 Å². The zero-order valence-electron chi connectivity index (χ0n) is 17.6. The van der Waals surface area contributed by atoms with Crippen molar-refractivity contribution in [3.63, 3.8) is 0 Å². The summed E-state index contributed by atoms with van der Waals surface area (Å²) >= 11 is 0. The number of nitrogens with zero attached hydrogens (tertiary/aromatic N) is 2. The van der Waals surface area contributed by atoms with Crippen LogP contribution in [0.25, 0.3) is 33.1 Å². The number of benzene rings is 3. The van der Waals surface area contributed by atoms with Gasteiger partial charge in [0.15, 0.2) is 5.78 Å². The summed E-state index contributed by atoms with van der Waals surface area (Å²) in [5.74, 6) is -0.361. The number of carbonyl (C=O) groups excluding carboxylic acids is 1. The quantitative estimate of drug-likeness (QED) is 0.320. The average molecular weight is 445 g/mol. The number of aromatic nitrogens is 3. The number of rotatable bonds is 4. The molecular formula is C26H18F3N3O. The third-order valence-corrected chi connectivity index (χ3v) is 5.76. The Kier molecular flexibility index (Phi) is 4.96. The lowest BCUT2D eigenvalue weighted by molar-refractivity contribution is -0.137. The van der Waals surface area contributed by atoms with Gasteiger partial charge in [0.1, 0.15) is 12.0 Å². The van der Waals surface area contributed by atoms with Crippen LogP contribution < -0.4 is 0 Å². The second-order valence-electron chi connectivity index (χ2n) is 8.00. The van der Waals surface area contributed by atoms with E-state index in [0.717, 1.165) is 56.3 Å². The van der Waals surface area contributed by atoms with Gasteiger partial charge in [0.2, 0.25) is 0 Å². The van der Waals surface area contributed by atoms with Crippen LogP contribution in [0.1, 0.15) is 27.0 Å². The van der Waals surface area contributed by atoms with E-state index in [0.29, 0.717) is 0 Å². The monoisotopic (exact) mass is 445 g/mol. The molecule has 1 N–H and O–H groups in total. The third kappa shape index (κ3) is 3.98. The summed E-state index contributed by atoms with van der Waals surface area (Å²) in [4.78, 5) is 24.4. The minimum Gasteiger partial charge on any atom is -0.339 e. The number of hydrogen-bond acceptors (Lipinski definition) is 3. The van der Waals surface area contributed by atoms with Crippen LogP contribution in [0.4, 0.5) is 13.2 Å². The number of Topliss-reactive ketones (excluding diaryl/α,β-unsaturated/α-hetero) is 1. The van der Waals surface area contributed by atoms with Gasteiger partial charge in [-0.05, 0) is 47.4 Å². The van der Waals surface area contributed by atoms with Crippen LogP contribution in [-0.2, 0) is 12.6 Å². The van der Waals surface area contributed by atoms with E-state index in [1.807, 2.05) is 43.3 Å². The van der Waals surface area contributed by atoms with Gasteiger partial charge in [-0.15, -0.1) is 0 Å². The Bertz CT molecular complexity index is 1520. The van der Waals surface area contributed by atoms with Gasteiger partial charge in [0.05, 0.1) is 5.56 Å². The first-order chi connectivity index (χ1) is 15.8. The smallest absolute Gasteiger partial charge is 0.339 e. The Balaban J connectivity index is 1.47. The highest BCUT2D eigenvalue weighted by atomic mass is 19.4. The summed E-state index contributed by atoms with van der Waals surface area (Å²) in [7, 11) is 0.